The van der Waals surface area contributed by atoms with Crippen molar-refractivity contribution in [2.24, 2.45) is 5.73 Å². The lowest BCUT2D eigenvalue weighted by Gasteiger charge is -2.09. The lowest BCUT2D eigenvalue weighted by Crippen LogP contribution is -2.15. The summed E-state index contributed by atoms with van der Waals surface area (Å²) in [4.78, 5) is 23.5. The number of anilines is 1. The van der Waals surface area contributed by atoms with E-state index in [1.807, 2.05) is 6.07 Å². The maximum Gasteiger partial charge on any atom is 0.256 e. The Morgan fingerprint density at radius 2 is 1.76 bits per heavy atom. The summed E-state index contributed by atoms with van der Waals surface area (Å²) < 4.78 is 1.44. The number of carbonyl (C=O) groups is 2. The molecular formula is C14H9Br2ClN2O2. The molecule has 2 rings (SSSR count). The number of halogens is 3. The Labute approximate surface area is 142 Å². The van der Waals surface area contributed by atoms with Crippen molar-refractivity contribution >= 4 is 61.0 Å². The summed E-state index contributed by atoms with van der Waals surface area (Å²) in [5.74, 6) is -0.972. The monoisotopic (exact) mass is 430 g/mol. The molecule has 0 aliphatic heterocycles. The molecule has 0 saturated heterocycles. The van der Waals surface area contributed by atoms with Crippen LogP contribution in [0.2, 0.25) is 5.02 Å². The number of rotatable bonds is 3. The third-order valence-corrected chi connectivity index (χ3v) is 4.18. The zero-order valence-electron chi connectivity index (χ0n) is 10.5. The van der Waals surface area contributed by atoms with Gasteiger partial charge in [0.25, 0.3) is 5.91 Å². The second kappa shape index (κ2) is 6.60. The average Bonchev–Trinajstić information content (AvgIpc) is 2.43. The topological polar surface area (TPSA) is 72.2 Å². The molecule has 0 spiro atoms. The zero-order valence-corrected chi connectivity index (χ0v) is 14.4. The van der Waals surface area contributed by atoms with Crippen molar-refractivity contribution in [2.75, 3.05) is 5.32 Å². The molecule has 0 aliphatic rings. The molecule has 21 heavy (non-hydrogen) atoms. The Morgan fingerprint density at radius 3 is 2.43 bits per heavy atom. The molecule has 0 atom stereocenters. The van der Waals surface area contributed by atoms with Crippen LogP contribution < -0.4 is 11.1 Å². The van der Waals surface area contributed by atoms with Crippen LogP contribution in [0.5, 0.6) is 0 Å². The standard InChI is InChI=1S/C14H9Br2ClN2O2/c15-7-1-3-11(16)9(5-7)14(21)19-8-2-4-12(17)10(6-8)13(18)20/h1-6H,(H2,18,20)(H,19,21). The summed E-state index contributed by atoms with van der Waals surface area (Å²) in [6.45, 7) is 0. The molecule has 0 fully saturated rings. The summed E-state index contributed by atoms with van der Waals surface area (Å²) in [6, 6.07) is 9.80. The van der Waals surface area contributed by atoms with Gasteiger partial charge in [0, 0.05) is 14.6 Å². The summed E-state index contributed by atoms with van der Waals surface area (Å²) >= 11 is 12.5. The maximum atomic E-state index is 12.2. The second-order valence-corrected chi connectivity index (χ2v) is 6.31. The highest BCUT2D eigenvalue weighted by molar-refractivity contribution is 9.11. The van der Waals surface area contributed by atoms with E-state index in [-0.39, 0.29) is 16.5 Å². The molecule has 3 N–H and O–H groups in total. The minimum Gasteiger partial charge on any atom is -0.366 e. The van der Waals surface area contributed by atoms with Crippen molar-refractivity contribution in [3.8, 4) is 0 Å². The van der Waals surface area contributed by atoms with Gasteiger partial charge in [-0.25, -0.2) is 0 Å². The van der Waals surface area contributed by atoms with Crippen LogP contribution in [0.1, 0.15) is 20.7 Å². The number of hydrogen-bond donors (Lipinski definition) is 2. The second-order valence-electron chi connectivity index (χ2n) is 4.14. The summed E-state index contributed by atoms with van der Waals surface area (Å²) in [6.07, 6.45) is 0. The van der Waals surface area contributed by atoms with Crippen LogP contribution >= 0.6 is 43.5 Å². The summed E-state index contributed by atoms with van der Waals surface area (Å²) in [5, 5.41) is 2.93. The van der Waals surface area contributed by atoms with Gasteiger partial charge in [0.15, 0.2) is 0 Å². The molecule has 0 bridgehead atoms. The van der Waals surface area contributed by atoms with Crippen LogP contribution in [-0.4, -0.2) is 11.8 Å². The van der Waals surface area contributed by atoms with Crippen LogP contribution in [0, 0.1) is 0 Å². The van der Waals surface area contributed by atoms with E-state index >= 15 is 0 Å². The van der Waals surface area contributed by atoms with E-state index in [1.54, 1.807) is 18.2 Å². The van der Waals surface area contributed by atoms with Gasteiger partial charge < -0.3 is 11.1 Å². The van der Waals surface area contributed by atoms with Crippen LogP contribution in [0.25, 0.3) is 0 Å². The van der Waals surface area contributed by atoms with E-state index in [4.69, 9.17) is 17.3 Å². The molecule has 0 heterocycles. The first-order chi connectivity index (χ1) is 9.88. The molecule has 0 unspecified atom stereocenters. The number of nitrogens with one attached hydrogen (secondary N) is 1. The van der Waals surface area contributed by atoms with Crippen molar-refractivity contribution in [3.63, 3.8) is 0 Å². The predicted molar refractivity (Wildman–Crippen MR) is 89.8 cm³/mol. The molecule has 2 aromatic rings. The largest absolute Gasteiger partial charge is 0.366 e. The Bertz CT molecular complexity index is 735. The maximum absolute atomic E-state index is 12.2. The lowest BCUT2D eigenvalue weighted by molar-refractivity contribution is 0.0996. The quantitative estimate of drug-likeness (QED) is 0.763. The fourth-order valence-electron chi connectivity index (χ4n) is 1.66. The van der Waals surface area contributed by atoms with Crippen molar-refractivity contribution in [1.29, 1.82) is 0 Å². The van der Waals surface area contributed by atoms with Crippen LogP contribution in [0.4, 0.5) is 5.69 Å². The summed E-state index contributed by atoms with van der Waals surface area (Å²) in [5.41, 5.74) is 6.27. The van der Waals surface area contributed by atoms with Crippen molar-refractivity contribution in [1.82, 2.24) is 0 Å². The van der Waals surface area contributed by atoms with Gasteiger partial charge >= 0.3 is 0 Å². The van der Waals surface area contributed by atoms with Gasteiger partial charge in [-0.2, -0.15) is 0 Å². The van der Waals surface area contributed by atoms with E-state index in [0.29, 0.717) is 15.7 Å². The van der Waals surface area contributed by atoms with E-state index < -0.39 is 5.91 Å². The third-order valence-electron chi connectivity index (χ3n) is 2.66. The first-order valence-corrected chi connectivity index (χ1v) is 7.70. The van der Waals surface area contributed by atoms with E-state index in [9.17, 15) is 9.59 Å². The van der Waals surface area contributed by atoms with E-state index in [2.05, 4.69) is 37.2 Å². The number of amides is 2. The lowest BCUT2D eigenvalue weighted by atomic mass is 10.1. The number of carbonyl (C=O) groups excluding carboxylic acids is 2. The molecule has 0 aromatic heterocycles. The predicted octanol–water partition coefficient (Wildman–Crippen LogP) is 4.22. The minimum atomic E-state index is -0.653. The van der Waals surface area contributed by atoms with Crippen LogP contribution in [-0.2, 0) is 0 Å². The van der Waals surface area contributed by atoms with E-state index in [0.717, 1.165) is 4.47 Å². The first-order valence-electron chi connectivity index (χ1n) is 5.74. The van der Waals surface area contributed by atoms with Gasteiger partial charge in [0.2, 0.25) is 5.91 Å². The van der Waals surface area contributed by atoms with Gasteiger partial charge in [0.1, 0.15) is 0 Å². The van der Waals surface area contributed by atoms with Crippen molar-refractivity contribution in [2.45, 2.75) is 0 Å². The van der Waals surface area contributed by atoms with Gasteiger partial charge in [-0.05, 0) is 52.3 Å². The SMILES string of the molecule is NC(=O)c1cc(NC(=O)c2cc(Br)ccc2Br)ccc1Cl. The Morgan fingerprint density at radius 1 is 1.05 bits per heavy atom. The normalized spacial score (nSPS) is 10.2. The number of primary amides is 1. The van der Waals surface area contributed by atoms with Gasteiger partial charge in [0.05, 0.1) is 16.1 Å². The van der Waals surface area contributed by atoms with Crippen LogP contribution in [0.3, 0.4) is 0 Å². The molecular weight excluding hydrogens is 423 g/mol. The first kappa shape index (κ1) is 16.0. The van der Waals surface area contributed by atoms with Crippen molar-refractivity contribution < 1.29 is 9.59 Å². The molecule has 0 saturated carbocycles. The van der Waals surface area contributed by atoms with Gasteiger partial charge in [-0.15, -0.1) is 0 Å². The molecule has 108 valence electrons. The fourth-order valence-corrected chi connectivity index (χ4v) is 2.66. The van der Waals surface area contributed by atoms with Gasteiger partial charge in [-0.1, -0.05) is 27.5 Å². The molecule has 0 aliphatic carbocycles. The van der Waals surface area contributed by atoms with Crippen molar-refractivity contribution in [3.05, 3.63) is 61.5 Å². The molecule has 4 nitrogen and oxygen atoms in total. The van der Waals surface area contributed by atoms with Crippen LogP contribution in [0.15, 0.2) is 45.3 Å². The molecule has 7 heteroatoms. The Balaban J connectivity index is 2.29. The number of hydrogen-bond acceptors (Lipinski definition) is 2. The highest BCUT2D eigenvalue weighted by Gasteiger charge is 2.13. The average molecular weight is 432 g/mol. The highest BCUT2D eigenvalue weighted by atomic mass is 79.9. The summed E-state index contributed by atoms with van der Waals surface area (Å²) in [7, 11) is 0. The molecule has 0 radical (unpaired) electrons. The molecule has 2 amide bonds. The fraction of sp³-hybridized carbons (Fsp3) is 0. The van der Waals surface area contributed by atoms with E-state index in [1.165, 1.54) is 12.1 Å². The number of benzene rings is 2. The third kappa shape index (κ3) is 3.84. The zero-order chi connectivity index (χ0) is 15.6. The number of nitrogens with two attached hydrogens (primary N) is 1. The minimum absolute atomic E-state index is 0.155. The van der Waals surface area contributed by atoms with Gasteiger partial charge in [-0.3, -0.25) is 9.59 Å². The smallest absolute Gasteiger partial charge is 0.256 e. The Hall–Kier alpha value is -1.37. The molecule has 2 aromatic carbocycles. The Kier molecular flexibility index (Phi) is 5.03. The highest BCUT2D eigenvalue weighted by Crippen LogP contribution is 2.24.